The van der Waals surface area contributed by atoms with Gasteiger partial charge >= 0.3 is 11.9 Å². The molecule has 0 saturated heterocycles. The SMILES string of the molecule is CCC(=O)O[C@]1(C(=O)COC(C)=O)CC[C@@H]2[C@@H]3CCC4=CC(=O)CC[C@]4(C)[C@@H]3[C@H](O)C[C@@]21C. The van der Waals surface area contributed by atoms with Crippen LogP contribution in [0.25, 0.3) is 0 Å². The molecule has 0 heterocycles. The Labute approximate surface area is 195 Å². The van der Waals surface area contributed by atoms with E-state index in [1.807, 2.05) is 6.92 Å². The number of carbonyl (C=O) groups excluding carboxylic acids is 4. The molecule has 7 nitrogen and oxygen atoms in total. The Morgan fingerprint density at radius 2 is 1.88 bits per heavy atom. The molecular weight excluding hydrogens is 424 g/mol. The number of aliphatic hydroxyl groups is 1. The van der Waals surface area contributed by atoms with Crippen LogP contribution in [0.15, 0.2) is 11.6 Å². The molecular formula is C26H36O7. The van der Waals surface area contributed by atoms with Crippen molar-refractivity contribution in [3.8, 4) is 0 Å². The van der Waals surface area contributed by atoms with Crippen LogP contribution < -0.4 is 0 Å². The van der Waals surface area contributed by atoms with E-state index < -0.39 is 41.4 Å². The maximum absolute atomic E-state index is 13.5. The first-order chi connectivity index (χ1) is 15.5. The predicted molar refractivity (Wildman–Crippen MR) is 119 cm³/mol. The summed E-state index contributed by atoms with van der Waals surface area (Å²) in [6.45, 7) is 6.64. The Bertz CT molecular complexity index is 906. The number of hydrogen-bond donors (Lipinski definition) is 1. The molecule has 0 aromatic carbocycles. The maximum Gasteiger partial charge on any atom is 0.306 e. The number of fused-ring (bicyclic) bond motifs is 5. The second kappa shape index (κ2) is 8.33. The topological polar surface area (TPSA) is 107 Å². The Morgan fingerprint density at radius 3 is 2.55 bits per heavy atom. The van der Waals surface area contributed by atoms with Crippen LogP contribution in [0, 0.1) is 28.6 Å². The van der Waals surface area contributed by atoms with Crippen LogP contribution in [0.3, 0.4) is 0 Å². The fraction of sp³-hybridized carbons (Fsp3) is 0.769. The number of carbonyl (C=O) groups is 4. The number of aliphatic hydroxyl groups excluding tert-OH is 1. The molecule has 3 saturated carbocycles. The quantitative estimate of drug-likeness (QED) is 0.627. The van der Waals surface area contributed by atoms with Gasteiger partial charge in [0, 0.05) is 25.2 Å². The van der Waals surface area contributed by atoms with Crippen LogP contribution in [0.1, 0.15) is 79.1 Å². The molecule has 7 atom stereocenters. The van der Waals surface area contributed by atoms with Gasteiger partial charge in [-0.3, -0.25) is 19.2 Å². The predicted octanol–water partition coefficient (Wildman–Crippen LogP) is 3.31. The zero-order chi connectivity index (χ0) is 24.2. The third-order valence-electron chi connectivity index (χ3n) is 9.45. The van der Waals surface area contributed by atoms with Crippen LogP contribution in [0.2, 0.25) is 0 Å². The summed E-state index contributed by atoms with van der Waals surface area (Å²) < 4.78 is 11.0. The van der Waals surface area contributed by atoms with Crippen LogP contribution >= 0.6 is 0 Å². The number of Topliss-reactive ketones (excluding diaryl/α,β-unsaturated/α-hetero) is 1. The molecule has 0 aromatic heterocycles. The van der Waals surface area contributed by atoms with E-state index >= 15 is 0 Å². The molecule has 0 amide bonds. The molecule has 182 valence electrons. The Hall–Kier alpha value is -2.02. The summed E-state index contributed by atoms with van der Waals surface area (Å²) in [6, 6.07) is 0. The summed E-state index contributed by atoms with van der Waals surface area (Å²) in [6.07, 6.45) is 5.55. The highest BCUT2D eigenvalue weighted by Gasteiger charge is 2.70. The van der Waals surface area contributed by atoms with Crippen molar-refractivity contribution in [1.29, 1.82) is 0 Å². The zero-order valence-corrected chi connectivity index (χ0v) is 20.1. The van der Waals surface area contributed by atoms with Crippen molar-refractivity contribution in [2.75, 3.05) is 6.61 Å². The smallest absolute Gasteiger partial charge is 0.306 e. The standard InChI is InChI=1S/C26H36O7/c1-5-22(31)33-26(21(30)14-32-15(2)27)11-9-19-18-7-6-16-12-17(28)8-10-24(16,3)23(18)20(29)13-25(19,26)4/h12,18-20,23,29H,5-11,13-14H2,1-4H3/t18-,19+,20+,23-,24-,25-,26-/m0/s1. The van der Waals surface area contributed by atoms with Gasteiger partial charge in [0.05, 0.1) is 6.10 Å². The average Bonchev–Trinajstić information content (AvgIpc) is 3.04. The molecule has 33 heavy (non-hydrogen) atoms. The average molecular weight is 461 g/mol. The lowest BCUT2D eigenvalue weighted by molar-refractivity contribution is -0.202. The van der Waals surface area contributed by atoms with E-state index in [0.717, 1.165) is 24.8 Å². The van der Waals surface area contributed by atoms with Gasteiger partial charge in [0.1, 0.15) is 0 Å². The number of allylic oxidation sites excluding steroid dienone is 1. The molecule has 0 radical (unpaired) electrons. The van der Waals surface area contributed by atoms with Crippen LogP contribution in [0.4, 0.5) is 0 Å². The summed E-state index contributed by atoms with van der Waals surface area (Å²) in [5.74, 6) is -0.999. The van der Waals surface area contributed by atoms with Gasteiger partial charge < -0.3 is 14.6 Å². The Balaban J connectivity index is 1.72. The molecule has 1 N–H and O–H groups in total. The molecule has 4 aliphatic carbocycles. The number of ether oxygens (including phenoxy) is 2. The van der Waals surface area contributed by atoms with Gasteiger partial charge in [-0.1, -0.05) is 26.3 Å². The third-order valence-corrected chi connectivity index (χ3v) is 9.45. The van der Waals surface area contributed by atoms with E-state index in [2.05, 4.69) is 6.92 Å². The fourth-order valence-electron chi connectivity index (χ4n) is 7.91. The highest BCUT2D eigenvalue weighted by Crippen LogP contribution is 2.68. The van der Waals surface area contributed by atoms with Crippen molar-refractivity contribution in [3.63, 3.8) is 0 Å². The highest BCUT2D eigenvalue weighted by atomic mass is 16.6. The minimum absolute atomic E-state index is 0.00456. The van der Waals surface area contributed by atoms with E-state index in [1.165, 1.54) is 6.92 Å². The van der Waals surface area contributed by atoms with Gasteiger partial charge in [-0.2, -0.15) is 0 Å². The summed E-state index contributed by atoms with van der Waals surface area (Å²) >= 11 is 0. The van der Waals surface area contributed by atoms with Crippen LogP contribution in [0.5, 0.6) is 0 Å². The van der Waals surface area contributed by atoms with E-state index in [0.29, 0.717) is 25.7 Å². The molecule has 0 aromatic rings. The van der Waals surface area contributed by atoms with Crippen molar-refractivity contribution in [2.45, 2.75) is 90.8 Å². The molecule has 0 aliphatic heterocycles. The molecule has 3 fully saturated rings. The monoisotopic (exact) mass is 460 g/mol. The first kappa shape index (κ1) is 24.1. The summed E-state index contributed by atoms with van der Waals surface area (Å²) in [7, 11) is 0. The molecule has 0 spiro atoms. The zero-order valence-electron chi connectivity index (χ0n) is 20.1. The van der Waals surface area contributed by atoms with Crippen LogP contribution in [-0.4, -0.2) is 46.9 Å². The molecule has 4 rings (SSSR count). The summed E-state index contributed by atoms with van der Waals surface area (Å²) in [5.41, 5.74) is -1.25. The van der Waals surface area contributed by atoms with Gasteiger partial charge in [0.2, 0.25) is 5.78 Å². The van der Waals surface area contributed by atoms with E-state index in [-0.39, 0.29) is 35.4 Å². The number of rotatable bonds is 5. The van der Waals surface area contributed by atoms with Crippen LogP contribution in [-0.2, 0) is 28.7 Å². The number of ketones is 2. The fourth-order valence-corrected chi connectivity index (χ4v) is 7.91. The third kappa shape index (κ3) is 3.58. The van der Waals surface area contributed by atoms with Crippen molar-refractivity contribution in [3.05, 3.63) is 11.6 Å². The lowest BCUT2D eigenvalue weighted by Gasteiger charge is -2.60. The Morgan fingerprint density at radius 1 is 1.15 bits per heavy atom. The summed E-state index contributed by atoms with van der Waals surface area (Å²) in [5, 5.41) is 11.6. The van der Waals surface area contributed by atoms with Gasteiger partial charge in [0.15, 0.2) is 18.0 Å². The van der Waals surface area contributed by atoms with Gasteiger partial charge in [-0.25, -0.2) is 0 Å². The normalized spacial score (nSPS) is 41.8. The lowest BCUT2D eigenvalue weighted by Crippen LogP contribution is -2.63. The maximum atomic E-state index is 13.5. The minimum Gasteiger partial charge on any atom is -0.458 e. The highest BCUT2D eigenvalue weighted by molar-refractivity contribution is 5.93. The van der Waals surface area contributed by atoms with E-state index in [9.17, 15) is 24.3 Å². The molecule has 7 heteroatoms. The van der Waals surface area contributed by atoms with E-state index in [1.54, 1.807) is 13.0 Å². The Kier molecular flexibility index (Phi) is 6.09. The van der Waals surface area contributed by atoms with Crippen molar-refractivity contribution in [2.24, 2.45) is 28.6 Å². The lowest BCUT2D eigenvalue weighted by atomic mass is 9.45. The van der Waals surface area contributed by atoms with Crippen molar-refractivity contribution >= 4 is 23.5 Å². The second-order valence-corrected chi connectivity index (χ2v) is 11.0. The van der Waals surface area contributed by atoms with Gasteiger partial charge in [0.25, 0.3) is 0 Å². The van der Waals surface area contributed by atoms with E-state index in [4.69, 9.17) is 9.47 Å². The first-order valence-electron chi connectivity index (χ1n) is 12.3. The van der Waals surface area contributed by atoms with Crippen molar-refractivity contribution < 1.29 is 33.8 Å². The van der Waals surface area contributed by atoms with Gasteiger partial charge in [-0.15, -0.1) is 0 Å². The minimum atomic E-state index is -1.41. The first-order valence-corrected chi connectivity index (χ1v) is 12.3. The van der Waals surface area contributed by atoms with Gasteiger partial charge in [-0.05, 0) is 67.8 Å². The number of esters is 2. The largest absolute Gasteiger partial charge is 0.458 e. The molecule has 0 bridgehead atoms. The molecule has 4 aliphatic rings. The number of hydrogen-bond acceptors (Lipinski definition) is 7. The van der Waals surface area contributed by atoms with Crippen molar-refractivity contribution in [1.82, 2.24) is 0 Å². The second-order valence-electron chi connectivity index (χ2n) is 11.0. The molecule has 0 unspecified atom stereocenters. The summed E-state index contributed by atoms with van der Waals surface area (Å²) in [4.78, 5) is 49.4.